The van der Waals surface area contributed by atoms with Crippen molar-refractivity contribution in [2.24, 2.45) is 5.92 Å². The van der Waals surface area contributed by atoms with E-state index in [-0.39, 0.29) is 16.7 Å². The molecule has 1 fully saturated rings. The third-order valence-electron chi connectivity index (χ3n) is 14.5. The van der Waals surface area contributed by atoms with Gasteiger partial charge in [0.2, 0.25) is 5.71 Å². The van der Waals surface area contributed by atoms with E-state index in [9.17, 15) is 0 Å². The summed E-state index contributed by atoms with van der Waals surface area (Å²) in [7, 11) is 0. The Balaban J connectivity index is 0.887. The second kappa shape index (κ2) is 12.7. The Kier molecular flexibility index (Phi) is 7.46. The molecule has 1 spiro atoms. The molecule has 3 unspecified atom stereocenters. The first-order valence-electron chi connectivity index (χ1n) is 21.4. The topological polar surface area (TPSA) is 38.9 Å². The Hall–Kier alpha value is -6.06. The van der Waals surface area contributed by atoms with Crippen molar-refractivity contribution in [1.82, 2.24) is 9.97 Å². The van der Waals surface area contributed by atoms with Gasteiger partial charge in [-0.1, -0.05) is 167 Å². The Morgan fingerprint density at radius 1 is 0.655 bits per heavy atom. The fourth-order valence-electron chi connectivity index (χ4n) is 11.7. The van der Waals surface area contributed by atoms with Crippen molar-refractivity contribution < 1.29 is 4.42 Å². The third kappa shape index (κ3) is 4.98. The molecule has 1 saturated carbocycles. The lowest BCUT2D eigenvalue weighted by molar-refractivity contribution is 0.233. The molecular formula is C55H46N2O. The molecule has 3 heteroatoms. The summed E-state index contributed by atoms with van der Waals surface area (Å²) in [6.07, 6.45) is 21.7. The maximum atomic E-state index is 6.32. The SMILES string of the molecule is CC1(C)C2=CC3c4ccccc4C4(CCCCC4)C3C=C2c2cc(-c3cccc(-c4ccc(-c5nc(C6C=CC=CC6)c6c(n5)oc5ccccc56)cc4)c3)ccc21. The summed E-state index contributed by atoms with van der Waals surface area (Å²) in [5, 5.41) is 2.08. The number of fused-ring (bicyclic) bond motifs is 11. The van der Waals surface area contributed by atoms with Gasteiger partial charge in [-0.05, 0) is 99.0 Å². The molecule has 58 heavy (non-hydrogen) atoms. The van der Waals surface area contributed by atoms with E-state index in [0.717, 1.165) is 34.0 Å². The van der Waals surface area contributed by atoms with Crippen molar-refractivity contribution in [3.63, 3.8) is 0 Å². The molecule has 3 nitrogen and oxygen atoms in total. The number of rotatable bonds is 4. The Morgan fingerprint density at radius 2 is 1.41 bits per heavy atom. The molecule has 2 heterocycles. The van der Waals surface area contributed by atoms with Gasteiger partial charge in [0.15, 0.2) is 5.82 Å². The number of aromatic nitrogens is 2. The molecule has 3 atom stereocenters. The molecule has 5 aliphatic rings. The monoisotopic (exact) mass is 750 g/mol. The molecule has 0 amide bonds. The summed E-state index contributed by atoms with van der Waals surface area (Å²) in [5.41, 5.74) is 17.7. The zero-order valence-corrected chi connectivity index (χ0v) is 33.2. The number of para-hydroxylation sites is 1. The number of furan rings is 1. The van der Waals surface area contributed by atoms with Crippen LogP contribution >= 0.6 is 0 Å². The highest BCUT2D eigenvalue weighted by molar-refractivity contribution is 6.05. The van der Waals surface area contributed by atoms with Crippen LogP contribution in [0.3, 0.4) is 0 Å². The lowest BCUT2D eigenvalue weighted by Crippen LogP contribution is -2.35. The van der Waals surface area contributed by atoms with Crippen LogP contribution in [0.2, 0.25) is 0 Å². The molecule has 0 bridgehead atoms. The van der Waals surface area contributed by atoms with Crippen LogP contribution in [0, 0.1) is 5.92 Å². The highest BCUT2D eigenvalue weighted by Gasteiger charge is 2.53. The second-order valence-electron chi connectivity index (χ2n) is 17.9. The second-order valence-corrected chi connectivity index (χ2v) is 17.9. The fourth-order valence-corrected chi connectivity index (χ4v) is 11.7. The molecule has 0 N–H and O–H groups in total. The maximum absolute atomic E-state index is 6.32. The van der Waals surface area contributed by atoms with Crippen molar-refractivity contribution in [1.29, 1.82) is 0 Å². The van der Waals surface area contributed by atoms with Crippen molar-refractivity contribution in [2.75, 3.05) is 0 Å². The number of hydrogen-bond donors (Lipinski definition) is 0. The first-order valence-corrected chi connectivity index (χ1v) is 21.4. The molecule has 5 aliphatic carbocycles. The summed E-state index contributed by atoms with van der Waals surface area (Å²) in [5.74, 6) is 1.86. The Morgan fingerprint density at radius 3 is 2.26 bits per heavy atom. The Bertz CT molecular complexity index is 2950. The van der Waals surface area contributed by atoms with Crippen LogP contribution in [0.5, 0.6) is 0 Å². The van der Waals surface area contributed by atoms with E-state index >= 15 is 0 Å². The first kappa shape index (κ1) is 34.0. The van der Waals surface area contributed by atoms with Crippen molar-refractivity contribution >= 4 is 27.6 Å². The van der Waals surface area contributed by atoms with Crippen LogP contribution in [0.25, 0.3) is 61.3 Å². The van der Waals surface area contributed by atoms with Gasteiger partial charge in [-0.3, -0.25) is 0 Å². The van der Waals surface area contributed by atoms with E-state index in [1.165, 1.54) is 76.6 Å². The van der Waals surface area contributed by atoms with E-state index in [1.54, 1.807) is 11.1 Å². The molecule has 7 aromatic rings. The van der Waals surface area contributed by atoms with Gasteiger partial charge in [0, 0.05) is 33.6 Å². The number of benzene rings is 5. The van der Waals surface area contributed by atoms with Gasteiger partial charge in [0.25, 0.3) is 0 Å². The van der Waals surface area contributed by atoms with Gasteiger partial charge in [0.05, 0.1) is 11.1 Å². The zero-order valence-electron chi connectivity index (χ0n) is 33.2. The van der Waals surface area contributed by atoms with Crippen molar-refractivity contribution in [3.8, 4) is 33.6 Å². The standard InChI is InChI=1S/C55H46N2O/c1-54(2)45-27-26-39(31-42(45)44-33-48-43(32-47(44)54)40-18-7-9-20-46(40)55(48)28-11-4-12-29-55)38-17-13-16-37(30-38)34-22-24-36(25-23-34)52-56-51(35-14-5-3-6-15-35)50-41-19-8-10-21-49(41)58-53(50)57-52/h3,5-10,13-14,16-27,30-33,35,43,48H,4,11-12,15,28-29H2,1-2H3. The quantitative estimate of drug-likeness (QED) is 0.180. The van der Waals surface area contributed by atoms with Crippen LogP contribution in [-0.4, -0.2) is 9.97 Å². The van der Waals surface area contributed by atoms with Crippen LogP contribution < -0.4 is 0 Å². The summed E-state index contributed by atoms with van der Waals surface area (Å²) < 4.78 is 6.32. The van der Waals surface area contributed by atoms with Crippen LogP contribution in [-0.2, 0) is 10.8 Å². The van der Waals surface area contributed by atoms with Gasteiger partial charge in [-0.2, -0.15) is 4.98 Å². The van der Waals surface area contributed by atoms with E-state index in [0.29, 0.717) is 23.4 Å². The number of allylic oxidation sites excluding steroid dienone is 8. The molecule has 12 rings (SSSR count). The van der Waals surface area contributed by atoms with E-state index in [1.807, 2.05) is 12.1 Å². The lowest BCUT2D eigenvalue weighted by Gasteiger charge is -2.41. The predicted molar refractivity (Wildman–Crippen MR) is 238 cm³/mol. The largest absolute Gasteiger partial charge is 0.438 e. The molecule has 0 saturated heterocycles. The third-order valence-corrected chi connectivity index (χ3v) is 14.5. The summed E-state index contributed by atoms with van der Waals surface area (Å²) >= 11 is 0. The van der Waals surface area contributed by atoms with E-state index in [4.69, 9.17) is 14.4 Å². The maximum Gasteiger partial charge on any atom is 0.231 e. The molecule has 0 radical (unpaired) electrons. The average Bonchev–Trinajstić information content (AvgIpc) is 3.86. The van der Waals surface area contributed by atoms with Gasteiger partial charge in [-0.25, -0.2) is 4.98 Å². The minimum absolute atomic E-state index is 0.0326. The highest BCUT2D eigenvalue weighted by Crippen LogP contribution is 2.64. The summed E-state index contributed by atoms with van der Waals surface area (Å²) in [6.45, 7) is 4.87. The van der Waals surface area contributed by atoms with Gasteiger partial charge in [0.1, 0.15) is 5.58 Å². The number of hydrogen-bond acceptors (Lipinski definition) is 3. The van der Waals surface area contributed by atoms with Crippen molar-refractivity contribution in [2.45, 2.75) is 75.0 Å². The van der Waals surface area contributed by atoms with Gasteiger partial charge < -0.3 is 4.42 Å². The molecule has 282 valence electrons. The molecule has 0 aliphatic heterocycles. The normalized spacial score (nSPS) is 22.1. The van der Waals surface area contributed by atoms with E-state index < -0.39 is 0 Å². The van der Waals surface area contributed by atoms with Crippen LogP contribution in [0.4, 0.5) is 0 Å². The van der Waals surface area contributed by atoms with Crippen LogP contribution in [0.15, 0.2) is 162 Å². The Labute approximate surface area is 340 Å². The average molecular weight is 751 g/mol. The smallest absolute Gasteiger partial charge is 0.231 e. The number of nitrogens with zero attached hydrogens (tertiary/aromatic N) is 2. The minimum atomic E-state index is -0.0326. The minimum Gasteiger partial charge on any atom is -0.438 e. The fraction of sp³-hybridized carbons (Fsp3) is 0.236. The highest BCUT2D eigenvalue weighted by atomic mass is 16.3. The summed E-state index contributed by atoms with van der Waals surface area (Å²) in [6, 6.07) is 42.6. The zero-order chi connectivity index (χ0) is 38.6. The van der Waals surface area contributed by atoms with Gasteiger partial charge >= 0.3 is 0 Å². The van der Waals surface area contributed by atoms with E-state index in [2.05, 4.69) is 153 Å². The molecular weight excluding hydrogens is 705 g/mol. The molecule has 5 aromatic carbocycles. The van der Waals surface area contributed by atoms with Gasteiger partial charge in [-0.15, -0.1) is 0 Å². The molecule has 2 aromatic heterocycles. The first-order chi connectivity index (χ1) is 28.5. The van der Waals surface area contributed by atoms with Crippen LogP contribution in [0.1, 0.15) is 92.2 Å². The lowest BCUT2D eigenvalue weighted by atomic mass is 9.62. The predicted octanol–water partition coefficient (Wildman–Crippen LogP) is 14.2. The summed E-state index contributed by atoms with van der Waals surface area (Å²) in [4.78, 5) is 10.2. The van der Waals surface area contributed by atoms with Crippen molar-refractivity contribution in [3.05, 3.63) is 185 Å².